The van der Waals surface area contributed by atoms with Gasteiger partial charge in [-0.05, 0) is 18.2 Å². The molecule has 1 amide bonds. The van der Waals surface area contributed by atoms with Crippen LogP contribution in [0, 0.1) is 5.82 Å². The largest absolute Gasteiger partial charge is 0.399 e. The van der Waals surface area contributed by atoms with Gasteiger partial charge in [0, 0.05) is 25.3 Å². The third-order valence-corrected chi connectivity index (χ3v) is 2.90. The van der Waals surface area contributed by atoms with E-state index in [1.807, 2.05) is 0 Å². The normalized spacial score (nSPS) is 23.0. The van der Waals surface area contributed by atoms with E-state index in [4.69, 9.17) is 10.5 Å². The lowest BCUT2D eigenvalue weighted by molar-refractivity contribution is 0.0264. The first-order valence-corrected chi connectivity index (χ1v) is 5.63. The smallest absolute Gasteiger partial charge is 0.254 e. The molecule has 1 aromatic carbocycles. The van der Waals surface area contributed by atoms with Crippen LogP contribution in [0.3, 0.4) is 0 Å². The number of ether oxygens (including phenoxy) is 1. The number of hydrogen-bond donors (Lipinski definition) is 3. The molecule has 1 unspecified atom stereocenters. The zero-order valence-electron chi connectivity index (χ0n) is 9.78. The van der Waals surface area contributed by atoms with E-state index in [0.29, 0.717) is 18.7 Å². The maximum atomic E-state index is 13.4. The van der Waals surface area contributed by atoms with Crippen LogP contribution in [0.15, 0.2) is 18.2 Å². The second kappa shape index (κ2) is 4.91. The Kier molecular flexibility index (Phi) is 3.49. The van der Waals surface area contributed by atoms with E-state index in [0.717, 1.165) is 6.07 Å². The minimum atomic E-state index is -1.06. The molecule has 1 aliphatic heterocycles. The molecule has 18 heavy (non-hydrogen) atoms. The molecule has 5 nitrogen and oxygen atoms in total. The van der Waals surface area contributed by atoms with Crippen LogP contribution >= 0.6 is 0 Å². The summed E-state index contributed by atoms with van der Waals surface area (Å²) < 4.78 is 18.5. The van der Waals surface area contributed by atoms with Crippen LogP contribution in [0.4, 0.5) is 10.1 Å². The molecule has 1 heterocycles. The molecule has 0 radical (unpaired) electrons. The van der Waals surface area contributed by atoms with Crippen molar-refractivity contribution in [3.63, 3.8) is 0 Å². The van der Waals surface area contributed by atoms with Crippen LogP contribution in [0.2, 0.25) is 0 Å². The molecule has 98 valence electrons. The van der Waals surface area contributed by atoms with E-state index in [1.54, 1.807) is 0 Å². The van der Waals surface area contributed by atoms with Crippen molar-refractivity contribution in [2.24, 2.45) is 0 Å². The number of hydrogen-bond acceptors (Lipinski definition) is 4. The number of nitrogen functional groups attached to an aromatic ring is 1. The van der Waals surface area contributed by atoms with Gasteiger partial charge in [-0.3, -0.25) is 4.79 Å². The van der Waals surface area contributed by atoms with Crippen molar-refractivity contribution in [3.8, 4) is 0 Å². The van der Waals surface area contributed by atoms with Gasteiger partial charge in [0.25, 0.3) is 5.91 Å². The predicted octanol–water partition coefficient (Wildman–Crippen LogP) is 0.289. The summed E-state index contributed by atoms with van der Waals surface area (Å²) in [5.74, 6) is -1.24. The molecule has 0 saturated carbocycles. The summed E-state index contributed by atoms with van der Waals surface area (Å²) in [6.45, 7) is 0.659. The maximum Gasteiger partial charge on any atom is 0.254 e. The number of anilines is 1. The summed E-state index contributed by atoms with van der Waals surface area (Å²) in [6.07, 6.45) is 0.451. The molecule has 6 heteroatoms. The summed E-state index contributed by atoms with van der Waals surface area (Å²) in [5, 5.41) is 12.4. The number of nitrogens with one attached hydrogen (secondary N) is 1. The van der Waals surface area contributed by atoms with E-state index in [1.165, 1.54) is 12.1 Å². The van der Waals surface area contributed by atoms with E-state index in [2.05, 4.69) is 5.32 Å². The predicted molar refractivity (Wildman–Crippen MR) is 63.5 cm³/mol. The van der Waals surface area contributed by atoms with Gasteiger partial charge in [-0.2, -0.15) is 0 Å². The van der Waals surface area contributed by atoms with Gasteiger partial charge in [0.1, 0.15) is 11.4 Å². The second-order valence-corrected chi connectivity index (χ2v) is 4.45. The van der Waals surface area contributed by atoms with Crippen LogP contribution in [0.1, 0.15) is 16.8 Å². The standard InChI is InChI=1S/C12H15FN2O3/c13-10-2-1-8(14)5-9(10)11(16)15-6-12(17)3-4-18-7-12/h1-2,5,17H,3-4,6-7,14H2,(H,15,16). The average Bonchev–Trinajstić information content (AvgIpc) is 2.77. The van der Waals surface area contributed by atoms with Gasteiger partial charge >= 0.3 is 0 Å². The summed E-state index contributed by atoms with van der Waals surface area (Å²) in [6, 6.07) is 3.78. The van der Waals surface area contributed by atoms with Crippen molar-refractivity contribution in [3.05, 3.63) is 29.6 Å². The highest BCUT2D eigenvalue weighted by molar-refractivity contribution is 5.95. The summed E-state index contributed by atoms with van der Waals surface area (Å²) in [7, 11) is 0. The minimum Gasteiger partial charge on any atom is -0.399 e. The van der Waals surface area contributed by atoms with Crippen molar-refractivity contribution in [2.45, 2.75) is 12.0 Å². The Bertz CT molecular complexity index is 459. The molecule has 0 aliphatic carbocycles. The highest BCUT2D eigenvalue weighted by Crippen LogP contribution is 2.17. The molecule has 0 bridgehead atoms. The Morgan fingerprint density at radius 1 is 1.61 bits per heavy atom. The summed E-state index contributed by atoms with van der Waals surface area (Å²) in [4.78, 5) is 11.8. The fraction of sp³-hybridized carbons (Fsp3) is 0.417. The third-order valence-electron chi connectivity index (χ3n) is 2.90. The average molecular weight is 254 g/mol. The van der Waals surface area contributed by atoms with Crippen LogP contribution < -0.4 is 11.1 Å². The zero-order valence-corrected chi connectivity index (χ0v) is 9.78. The third kappa shape index (κ3) is 2.77. The van der Waals surface area contributed by atoms with Crippen LogP contribution in [0.25, 0.3) is 0 Å². The molecular weight excluding hydrogens is 239 g/mol. The van der Waals surface area contributed by atoms with Crippen molar-refractivity contribution in [1.82, 2.24) is 5.32 Å². The van der Waals surface area contributed by atoms with Gasteiger partial charge in [-0.25, -0.2) is 4.39 Å². The van der Waals surface area contributed by atoms with E-state index < -0.39 is 17.3 Å². The van der Waals surface area contributed by atoms with E-state index >= 15 is 0 Å². The first-order chi connectivity index (χ1) is 8.50. The highest BCUT2D eigenvalue weighted by Gasteiger charge is 2.32. The van der Waals surface area contributed by atoms with Crippen molar-refractivity contribution < 1.29 is 19.0 Å². The van der Waals surface area contributed by atoms with Gasteiger partial charge in [0.2, 0.25) is 0 Å². The lowest BCUT2D eigenvalue weighted by Crippen LogP contribution is -2.43. The van der Waals surface area contributed by atoms with Crippen LogP contribution in [-0.2, 0) is 4.74 Å². The Labute approximate surface area is 104 Å². The van der Waals surface area contributed by atoms with Gasteiger partial charge in [0.15, 0.2) is 0 Å². The lowest BCUT2D eigenvalue weighted by Gasteiger charge is -2.20. The number of benzene rings is 1. The number of rotatable bonds is 3. The first-order valence-electron chi connectivity index (χ1n) is 5.63. The SMILES string of the molecule is Nc1ccc(F)c(C(=O)NCC2(O)CCOC2)c1. The minimum absolute atomic E-state index is 0.0278. The molecule has 2 rings (SSSR count). The number of carbonyl (C=O) groups excluding carboxylic acids is 1. The van der Waals surface area contributed by atoms with Crippen LogP contribution in [-0.4, -0.2) is 36.4 Å². The van der Waals surface area contributed by atoms with E-state index in [-0.39, 0.29) is 18.7 Å². The molecule has 1 aliphatic rings. The molecule has 1 saturated heterocycles. The Morgan fingerprint density at radius 2 is 2.39 bits per heavy atom. The van der Waals surface area contributed by atoms with Crippen LogP contribution in [0.5, 0.6) is 0 Å². The maximum absolute atomic E-state index is 13.4. The Balaban J connectivity index is 2.01. The zero-order chi connectivity index (χ0) is 13.2. The fourth-order valence-electron chi connectivity index (χ4n) is 1.79. The summed E-state index contributed by atoms with van der Waals surface area (Å²) in [5.41, 5.74) is 4.61. The number of carbonyl (C=O) groups is 1. The molecule has 1 fully saturated rings. The number of aliphatic hydroxyl groups is 1. The highest BCUT2D eigenvalue weighted by atomic mass is 19.1. The first kappa shape index (κ1) is 12.8. The van der Waals surface area contributed by atoms with Gasteiger partial charge < -0.3 is 20.9 Å². The van der Waals surface area contributed by atoms with E-state index in [9.17, 15) is 14.3 Å². The topological polar surface area (TPSA) is 84.6 Å². The van der Waals surface area contributed by atoms with Gasteiger partial charge in [0.05, 0.1) is 12.2 Å². The Morgan fingerprint density at radius 3 is 3.06 bits per heavy atom. The molecule has 4 N–H and O–H groups in total. The summed E-state index contributed by atoms with van der Waals surface area (Å²) >= 11 is 0. The van der Waals surface area contributed by atoms with Crippen molar-refractivity contribution in [2.75, 3.05) is 25.5 Å². The molecular formula is C12H15FN2O3. The fourth-order valence-corrected chi connectivity index (χ4v) is 1.79. The Hall–Kier alpha value is -1.66. The number of halogens is 1. The van der Waals surface area contributed by atoms with Gasteiger partial charge in [-0.1, -0.05) is 0 Å². The quantitative estimate of drug-likeness (QED) is 0.677. The van der Waals surface area contributed by atoms with Gasteiger partial charge in [-0.15, -0.1) is 0 Å². The number of nitrogens with two attached hydrogens (primary N) is 1. The second-order valence-electron chi connectivity index (χ2n) is 4.45. The number of amides is 1. The molecule has 0 aromatic heterocycles. The lowest BCUT2D eigenvalue weighted by atomic mass is 10.0. The molecule has 0 spiro atoms. The molecule has 1 aromatic rings. The van der Waals surface area contributed by atoms with Crippen molar-refractivity contribution >= 4 is 11.6 Å². The van der Waals surface area contributed by atoms with Crippen molar-refractivity contribution in [1.29, 1.82) is 0 Å². The monoisotopic (exact) mass is 254 g/mol. The molecule has 1 atom stereocenters.